The Kier molecular flexibility index (Phi) is 5.72. The average Bonchev–Trinajstić information content (AvgIpc) is 2.93. The van der Waals surface area contributed by atoms with Crippen LogP contribution in [0.25, 0.3) is 6.08 Å². The highest BCUT2D eigenvalue weighted by Crippen LogP contribution is 2.33. The lowest BCUT2D eigenvalue weighted by Gasteiger charge is -2.17. The highest BCUT2D eigenvalue weighted by atomic mass is 32.2. The van der Waals surface area contributed by atoms with Gasteiger partial charge in [-0.2, -0.15) is 0 Å². The minimum atomic E-state index is -0.472. The van der Waals surface area contributed by atoms with E-state index >= 15 is 0 Å². The number of non-ortho nitro benzene ring substituents is 1. The number of ether oxygens (including phenoxy) is 1. The Labute approximate surface area is 165 Å². The van der Waals surface area contributed by atoms with E-state index in [-0.39, 0.29) is 18.3 Å². The van der Waals surface area contributed by atoms with Crippen molar-refractivity contribution in [3.8, 4) is 5.75 Å². The molecule has 1 aliphatic heterocycles. The molecule has 3 rings (SSSR count). The number of carbonyl (C=O) groups is 1. The van der Waals surface area contributed by atoms with Gasteiger partial charge in [-0.05, 0) is 23.8 Å². The molecular formula is C18H15N3O4S2. The van der Waals surface area contributed by atoms with E-state index < -0.39 is 4.92 Å². The summed E-state index contributed by atoms with van der Waals surface area (Å²) in [7, 11) is 1.57. The Hall–Kier alpha value is -2.91. The maximum atomic E-state index is 12.7. The molecule has 1 saturated heterocycles. The van der Waals surface area contributed by atoms with Crippen molar-refractivity contribution in [2.75, 3.05) is 19.1 Å². The van der Waals surface area contributed by atoms with Crippen molar-refractivity contribution in [1.82, 2.24) is 4.90 Å². The number of anilines is 1. The molecule has 1 heterocycles. The van der Waals surface area contributed by atoms with Crippen LogP contribution in [0.4, 0.5) is 11.4 Å². The summed E-state index contributed by atoms with van der Waals surface area (Å²) in [5.41, 5.74) is 1.29. The van der Waals surface area contributed by atoms with Crippen LogP contribution in [-0.4, -0.2) is 33.8 Å². The summed E-state index contributed by atoms with van der Waals surface area (Å²) in [4.78, 5) is 24.9. The van der Waals surface area contributed by atoms with Crippen LogP contribution in [0.3, 0.4) is 0 Å². The number of rotatable bonds is 6. The van der Waals surface area contributed by atoms with E-state index in [1.807, 2.05) is 24.3 Å². The number of para-hydroxylation sites is 2. The molecule has 0 unspecified atom stereocenters. The van der Waals surface area contributed by atoms with Gasteiger partial charge in [-0.15, -0.1) is 0 Å². The summed E-state index contributed by atoms with van der Waals surface area (Å²) < 4.78 is 5.69. The fourth-order valence-corrected chi connectivity index (χ4v) is 3.73. The molecule has 0 bridgehead atoms. The minimum Gasteiger partial charge on any atom is -0.495 e. The molecule has 0 spiro atoms. The number of thiocarbonyl (C=S) groups is 1. The van der Waals surface area contributed by atoms with Crippen LogP contribution >= 0.6 is 24.0 Å². The zero-order chi connectivity index (χ0) is 19.4. The van der Waals surface area contributed by atoms with E-state index in [9.17, 15) is 14.9 Å². The number of nitro groups is 1. The highest BCUT2D eigenvalue weighted by Gasteiger charge is 2.32. The molecule has 0 radical (unpaired) electrons. The molecule has 27 heavy (non-hydrogen) atoms. The first kappa shape index (κ1) is 18.9. The molecule has 1 aliphatic rings. The van der Waals surface area contributed by atoms with E-state index in [2.05, 4.69) is 5.32 Å². The van der Waals surface area contributed by atoms with Crippen molar-refractivity contribution in [2.45, 2.75) is 0 Å². The van der Waals surface area contributed by atoms with Crippen LogP contribution in [0.2, 0.25) is 0 Å². The summed E-state index contributed by atoms with van der Waals surface area (Å²) in [5.74, 6) is 0.411. The number of nitrogens with zero attached hydrogens (tertiary/aromatic N) is 2. The van der Waals surface area contributed by atoms with Crippen molar-refractivity contribution in [1.29, 1.82) is 0 Å². The van der Waals surface area contributed by atoms with E-state index in [0.29, 0.717) is 20.5 Å². The third-order valence-electron chi connectivity index (χ3n) is 3.79. The first-order chi connectivity index (χ1) is 13.0. The third kappa shape index (κ3) is 4.26. The number of hydrogen-bond acceptors (Lipinski definition) is 7. The molecule has 2 aromatic rings. The highest BCUT2D eigenvalue weighted by molar-refractivity contribution is 8.26. The van der Waals surface area contributed by atoms with Gasteiger partial charge in [-0.25, -0.2) is 0 Å². The van der Waals surface area contributed by atoms with E-state index in [1.165, 1.54) is 17.0 Å². The van der Waals surface area contributed by atoms with Gasteiger partial charge in [0.15, 0.2) is 0 Å². The second-order valence-electron chi connectivity index (χ2n) is 5.50. The summed E-state index contributed by atoms with van der Waals surface area (Å²) in [6.07, 6.45) is 1.61. The number of benzene rings is 2. The predicted octanol–water partition coefficient (Wildman–Crippen LogP) is 3.87. The van der Waals surface area contributed by atoms with Crippen LogP contribution < -0.4 is 10.1 Å². The summed E-state index contributed by atoms with van der Waals surface area (Å²) in [5, 5.41) is 14.0. The van der Waals surface area contributed by atoms with Crippen molar-refractivity contribution >= 4 is 51.7 Å². The van der Waals surface area contributed by atoms with Gasteiger partial charge in [0.05, 0.1) is 29.3 Å². The van der Waals surface area contributed by atoms with Gasteiger partial charge in [0.1, 0.15) is 10.1 Å². The van der Waals surface area contributed by atoms with E-state index in [0.717, 1.165) is 17.4 Å². The van der Waals surface area contributed by atoms with Crippen molar-refractivity contribution in [3.63, 3.8) is 0 Å². The van der Waals surface area contributed by atoms with E-state index in [4.69, 9.17) is 17.0 Å². The Morgan fingerprint density at radius 2 is 2.07 bits per heavy atom. The summed E-state index contributed by atoms with van der Waals surface area (Å²) in [6.45, 7) is 0.192. The Morgan fingerprint density at radius 1 is 1.30 bits per heavy atom. The lowest BCUT2D eigenvalue weighted by atomic mass is 10.2. The van der Waals surface area contributed by atoms with Gasteiger partial charge in [-0.1, -0.05) is 48.2 Å². The Balaban J connectivity index is 1.75. The molecule has 0 aliphatic carbocycles. The smallest absolute Gasteiger partial charge is 0.270 e. The number of thioether (sulfide) groups is 1. The zero-order valence-electron chi connectivity index (χ0n) is 14.2. The molecule has 2 aromatic carbocycles. The molecule has 1 N–H and O–H groups in total. The molecule has 9 heteroatoms. The zero-order valence-corrected chi connectivity index (χ0v) is 15.9. The number of hydrogen-bond donors (Lipinski definition) is 1. The van der Waals surface area contributed by atoms with Crippen LogP contribution in [0.1, 0.15) is 5.56 Å². The van der Waals surface area contributed by atoms with Gasteiger partial charge in [0, 0.05) is 12.1 Å². The standard InChI is InChI=1S/C18H15N3O4S2/c1-25-15-8-3-2-7-14(15)19-11-20-17(22)16(27-18(20)26)10-12-5-4-6-13(9-12)21(23)24/h2-10,19H,11H2,1H3/b16-10-. The maximum Gasteiger partial charge on any atom is 0.270 e. The van der Waals surface area contributed by atoms with E-state index in [1.54, 1.807) is 25.3 Å². The fourth-order valence-electron chi connectivity index (χ4n) is 2.47. The summed E-state index contributed by atoms with van der Waals surface area (Å²) in [6, 6.07) is 13.5. The third-order valence-corrected chi connectivity index (χ3v) is 5.16. The predicted molar refractivity (Wildman–Crippen MR) is 110 cm³/mol. The molecule has 0 atom stereocenters. The first-order valence-electron chi connectivity index (χ1n) is 7.86. The van der Waals surface area contributed by atoms with Gasteiger partial charge in [-0.3, -0.25) is 19.8 Å². The van der Waals surface area contributed by atoms with Gasteiger partial charge >= 0.3 is 0 Å². The normalized spacial score (nSPS) is 15.3. The minimum absolute atomic E-state index is 0.0305. The van der Waals surface area contributed by atoms with Gasteiger partial charge < -0.3 is 10.1 Å². The Morgan fingerprint density at radius 3 is 2.81 bits per heavy atom. The SMILES string of the molecule is COc1ccccc1NCN1C(=O)/C(=C/c2cccc([N+](=O)[O-])c2)SC1=S. The van der Waals surface area contributed by atoms with Crippen LogP contribution in [0.5, 0.6) is 5.75 Å². The molecule has 0 saturated carbocycles. The van der Waals surface area contributed by atoms with Crippen LogP contribution in [0, 0.1) is 10.1 Å². The second-order valence-corrected chi connectivity index (χ2v) is 7.17. The van der Waals surface area contributed by atoms with Crippen LogP contribution in [0.15, 0.2) is 53.4 Å². The average molecular weight is 401 g/mol. The largest absolute Gasteiger partial charge is 0.495 e. The molecule has 7 nitrogen and oxygen atoms in total. The quantitative estimate of drug-likeness (QED) is 0.340. The number of nitrogens with one attached hydrogen (secondary N) is 1. The molecule has 1 fully saturated rings. The van der Waals surface area contributed by atoms with Crippen molar-refractivity contribution < 1.29 is 14.5 Å². The lowest BCUT2D eigenvalue weighted by molar-refractivity contribution is -0.384. The first-order valence-corrected chi connectivity index (χ1v) is 9.09. The Bertz CT molecular complexity index is 946. The number of methoxy groups -OCH3 is 1. The van der Waals surface area contributed by atoms with Crippen molar-refractivity contribution in [2.24, 2.45) is 0 Å². The second kappa shape index (κ2) is 8.19. The molecular weight excluding hydrogens is 386 g/mol. The van der Waals surface area contributed by atoms with Crippen LogP contribution in [-0.2, 0) is 4.79 Å². The topological polar surface area (TPSA) is 84.7 Å². The molecule has 0 aromatic heterocycles. The van der Waals surface area contributed by atoms with Gasteiger partial charge in [0.2, 0.25) is 0 Å². The monoisotopic (exact) mass is 401 g/mol. The molecule has 138 valence electrons. The number of nitro benzene ring substituents is 1. The fraction of sp³-hybridized carbons (Fsp3) is 0.111. The lowest BCUT2D eigenvalue weighted by Crippen LogP contribution is -2.33. The number of carbonyl (C=O) groups excluding carboxylic acids is 1. The van der Waals surface area contributed by atoms with Gasteiger partial charge in [0.25, 0.3) is 11.6 Å². The molecule has 1 amide bonds. The maximum absolute atomic E-state index is 12.7. The van der Waals surface area contributed by atoms with Crippen molar-refractivity contribution in [3.05, 3.63) is 69.1 Å². The summed E-state index contributed by atoms with van der Waals surface area (Å²) >= 11 is 6.47. The number of amides is 1.